The highest BCUT2D eigenvalue weighted by molar-refractivity contribution is 5.79. The van der Waals surface area contributed by atoms with Crippen molar-refractivity contribution >= 4 is 16.7 Å². The summed E-state index contributed by atoms with van der Waals surface area (Å²) in [5.74, 6) is 0.843. The Morgan fingerprint density at radius 1 is 0.875 bits per heavy atom. The summed E-state index contributed by atoms with van der Waals surface area (Å²) in [5, 5.41) is 1.15. The quantitative estimate of drug-likeness (QED) is 0.703. The molecule has 0 aliphatic carbocycles. The number of para-hydroxylation sites is 1. The van der Waals surface area contributed by atoms with Crippen molar-refractivity contribution in [3.05, 3.63) is 60.9 Å². The lowest BCUT2D eigenvalue weighted by Crippen LogP contribution is -2.06. The second kappa shape index (κ2) is 3.70. The smallest absolute Gasteiger partial charge is 0.145 e. The molecule has 3 nitrogen and oxygen atoms in total. The van der Waals surface area contributed by atoms with Gasteiger partial charge in [0.15, 0.2) is 0 Å². The first kappa shape index (κ1) is 8.97. The van der Waals surface area contributed by atoms with Crippen LogP contribution in [-0.2, 0) is 0 Å². The molecule has 0 atom stereocenters. The minimum absolute atomic E-state index is 0.843. The average Bonchev–Trinajstić information content (AvgIpc) is 2.82. The van der Waals surface area contributed by atoms with Crippen LogP contribution in [0.2, 0.25) is 0 Å². The van der Waals surface area contributed by atoms with Crippen molar-refractivity contribution < 1.29 is 0 Å². The molecule has 0 unspecified atom stereocenters. The topological polar surface area (TPSA) is 29.9 Å². The van der Waals surface area contributed by atoms with E-state index in [1.807, 2.05) is 53.5 Å². The summed E-state index contributed by atoms with van der Waals surface area (Å²) in [6.45, 7) is 0. The van der Waals surface area contributed by atoms with Crippen LogP contribution in [0.5, 0.6) is 0 Å². The van der Waals surface area contributed by atoms with Gasteiger partial charge in [0.25, 0.3) is 0 Å². The maximum absolute atomic E-state index is 4.52. The average molecular weight is 209 g/mol. The van der Waals surface area contributed by atoms with Gasteiger partial charge in [0.05, 0.1) is 5.52 Å². The number of hydrogen-bond acceptors (Lipinski definition) is 2. The minimum Gasteiger partial charge on any atom is -0.278 e. The van der Waals surface area contributed by atoms with E-state index in [2.05, 4.69) is 22.5 Å². The van der Waals surface area contributed by atoms with Crippen LogP contribution in [0.15, 0.2) is 60.9 Å². The summed E-state index contributed by atoms with van der Waals surface area (Å²) in [4.78, 5) is 4.52. The highest BCUT2D eigenvalue weighted by atomic mass is 15.4. The zero-order valence-electron chi connectivity index (χ0n) is 8.67. The number of hydrogen-bond donors (Lipinski definition) is 1. The van der Waals surface area contributed by atoms with Crippen molar-refractivity contribution in [3.63, 3.8) is 0 Å². The molecule has 0 bridgehead atoms. The van der Waals surface area contributed by atoms with E-state index in [0.717, 1.165) is 16.7 Å². The van der Waals surface area contributed by atoms with Crippen molar-refractivity contribution in [3.8, 4) is 0 Å². The molecule has 78 valence electrons. The van der Waals surface area contributed by atoms with Crippen molar-refractivity contribution in [2.75, 3.05) is 5.43 Å². The fourth-order valence-electron chi connectivity index (χ4n) is 1.67. The Morgan fingerprint density at radius 3 is 2.56 bits per heavy atom. The van der Waals surface area contributed by atoms with Crippen LogP contribution >= 0.6 is 0 Å². The van der Waals surface area contributed by atoms with Crippen LogP contribution in [0.1, 0.15) is 0 Å². The standard InChI is InChI=1S/C13H11N3/c1-2-6-12-11(5-1)7-8-13(14-12)15-16-9-3-4-10-16/h1-10H,(H,14,15). The van der Waals surface area contributed by atoms with Gasteiger partial charge in [-0.25, -0.2) is 4.98 Å². The molecule has 0 spiro atoms. The summed E-state index contributed by atoms with van der Waals surface area (Å²) in [6.07, 6.45) is 3.88. The molecule has 16 heavy (non-hydrogen) atoms. The predicted octanol–water partition coefficient (Wildman–Crippen LogP) is 2.91. The number of rotatable bonds is 2. The van der Waals surface area contributed by atoms with E-state index in [0.29, 0.717) is 0 Å². The second-order valence-electron chi connectivity index (χ2n) is 3.59. The number of benzene rings is 1. The molecule has 3 aromatic rings. The molecule has 2 aromatic heterocycles. The van der Waals surface area contributed by atoms with E-state index in [1.165, 1.54) is 0 Å². The molecule has 1 aromatic carbocycles. The molecule has 0 aliphatic heterocycles. The number of fused-ring (bicyclic) bond motifs is 1. The van der Waals surface area contributed by atoms with Gasteiger partial charge in [-0.2, -0.15) is 0 Å². The van der Waals surface area contributed by atoms with Gasteiger partial charge in [-0.05, 0) is 30.3 Å². The lowest BCUT2D eigenvalue weighted by Gasteiger charge is -2.07. The Morgan fingerprint density at radius 2 is 1.69 bits per heavy atom. The first-order chi connectivity index (χ1) is 7.92. The fourth-order valence-corrected chi connectivity index (χ4v) is 1.67. The van der Waals surface area contributed by atoms with Gasteiger partial charge in [0, 0.05) is 17.8 Å². The second-order valence-corrected chi connectivity index (χ2v) is 3.59. The molecule has 0 saturated carbocycles. The summed E-state index contributed by atoms with van der Waals surface area (Å²) in [6, 6.07) is 16.0. The van der Waals surface area contributed by atoms with Crippen LogP contribution < -0.4 is 5.43 Å². The first-order valence-electron chi connectivity index (χ1n) is 5.18. The molecule has 3 heteroatoms. The number of pyridine rings is 1. The molecule has 0 saturated heterocycles. The third kappa shape index (κ3) is 1.63. The highest BCUT2D eigenvalue weighted by Crippen LogP contribution is 2.14. The Balaban J connectivity index is 1.99. The summed E-state index contributed by atoms with van der Waals surface area (Å²) in [5.41, 5.74) is 4.18. The lowest BCUT2D eigenvalue weighted by atomic mass is 10.2. The number of anilines is 1. The molecule has 0 fully saturated rings. The van der Waals surface area contributed by atoms with Gasteiger partial charge < -0.3 is 0 Å². The molecule has 0 radical (unpaired) electrons. The number of nitrogens with zero attached hydrogens (tertiary/aromatic N) is 2. The largest absolute Gasteiger partial charge is 0.278 e. The molecule has 2 heterocycles. The number of aromatic nitrogens is 2. The Labute approximate surface area is 93.3 Å². The Kier molecular flexibility index (Phi) is 2.07. The van der Waals surface area contributed by atoms with Crippen molar-refractivity contribution in [2.45, 2.75) is 0 Å². The van der Waals surface area contributed by atoms with E-state index in [9.17, 15) is 0 Å². The predicted molar refractivity (Wildman–Crippen MR) is 65.2 cm³/mol. The van der Waals surface area contributed by atoms with Crippen LogP contribution in [0.4, 0.5) is 5.82 Å². The van der Waals surface area contributed by atoms with E-state index < -0.39 is 0 Å². The van der Waals surface area contributed by atoms with Gasteiger partial charge in [-0.15, -0.1) is 0 Å². The first-order valence-corrected chi connectivity index (χ1v) is 5.18. The zero-order chi connectivity index (χ0) is 10.8. The van der Waals surface area contributed by atoms with Gasteiger partial charge in [0.2, 0.25) is 0 Å². The van der Waals surface area contributed by atoms with Gasteiger partial charge in [-0.1, -0.05) is 18.2 Å². The van der Waals surface area contributed by atoms with E-state index in [-0.39, 0.29) is 0 Å². The van der Waals surface area contributed by atoms with Crippen molar-refractivity contribution in [1.29, 1.82) is 0 Å². The van der Waals surface area contributed by atoms with Crippen LogP contribution in [0.3, 0.4) is 0 Å². The Hall–Kier alpha value is -2.29. The molecule has 3 rings (SSSR count). The maximum Gasteiger partial charge on any atom is 0.145 e. The van der Waals surface area contributed by atoms with Crippen molar-refractivity contribution in [1.82, 2.24) is 9.66 Å². The van der Waals surface area contributed by atoms with Gasteiger partial charge >= 0.3 is 0 Å². The highest BCUT2D eigenvalue weighted by Gasteiger charge is 1.96. The van der Waals surface area contributed by atoms with Crippen LogP contribution in [0, 0.1) is 0 Å². The van der Waals surface area contributed by atoms with Crippen LogP contribution in [-0.4, -0.2) is 9.66 Å². The third-order valence-electron chi connectivity index (χ3n) is 2.45. The normalized spacial score (nSPS) is 10.5. The SMILES string of the molecule is c1ccc2nc(Nn3cccc3)ccc2c1. The molecule has 1 N–H and O–H groups in total. The molecule has 0 amide bonds. The number of nitrogens with one attached hydrogen (secondary N) is 1. The lowest BCUT2D eigenvalue weighted by molar-refractivity contribution is 0.957. The molecular weight excluding hydrogens is 198 g/mol. The zero-order valence-corrected chi connectivity index (χ0v) is 8.67. The van der Waals surface area contributed by atoms with Gasteiger partial charge in [0.1, 0.15) is 5.82 Å². The van der Waals surface area contributed by atoms with Gasteiger partial charge in [-0.3, -0.25) is 10.1 Å². The monoisotopic (exact) mass is 209 g/mol. The third-order valence-corrected chi connectivity index (χ3v) is 2.45. The van der Waals surface area contributed by atoms with Crippen LogP contribution in [0.25, 0.3) is 10.9 Å². The Bertz CT molecular complexity index is 599. The summed E-state index contributed by atoms with van der Waals surface area (Å²) in [7, 11) is 0. The van der Waals surface area contributed by atoms with E-state index in [4.69, 9.17) is 0 Å². The molecule has 0 aliphatic rings. The minimum atomic E-state index is 0.843. The summed E-state index contributed by atoms with van der Waals surface area (Å²) < 4.78 is 1.87. The summed E-state index contributed by atoms with van der Waals surface area (Å²) >= 11 is 0. The molecular formula is C13H11N3. The maximum atomic E-state index is 4.52. The van der Waals surface area contributed by atoms with E-state index >= 15 is 0 Å². The van der Waals surface area contributed by atoms with Crippen molar-refractivity contribution in [2.24, 2.45) is 0 Å². The fraction of sp³-hybridized carbons (Fsp3) is 0. The van der Waals surface area contributed by atoms with E-state index in [1.54, 1.807) is 0 Å².